The standard InChI is InChI=1S/C10H14ClN3O/c1-7(2)6-14(3)9-8(11)5-12-10(13-9)15-4/h5H,1,6H2,2-4H3. The number of halogens is 1. The summed E-state index contributed by atoms with van der Waals surface area (Å²) >= 11 is 5.98. The summed E-state index contributed by atoms with van der Waals surface area (Å²) in [7, 11) is 3.41. The monoisotopic (exact) mass is 227 g/mol. The Kier molecular flexibility index (Phi) is 3.91. The Morgan fingerprint density at radius 2 is 2.33 bits per heavy atom. The SMILES string of the molecule is C=C(C)CN(C)c1nc(OC)ncc1Cl. The van der Waals surface area contributed by atoms with Gasteiger partial charge in [0.05, 0.1) is 13.3 Å². The van der Waals surface area contributed by atoms with Gasteiger partial charge in [-0.1, -0.05) is 23.8 Å². The van der Waals surface area contributed by atoms with E-state index in [9.17, 15) is 0 Å². The number of aromatic nitrogens is 2. The Morgan fingerprint density at radius 1 is 1.67 bits per heavy atom. The quantitative estimate of drug-likeness (QED) is 0.739. The number of hydrogen-bond donors (Lipinski definition) is 0. The summed E-state index contributed by atoms with van der Waals surface area (Å²) in [6.07, 6.45) is 1.53. The van der Waals surface area contributed by atoms with E-state index >= 15 is 0 Å². The maximum Gasteiger partial charge on any atom is 0.318 e. The van der Waals surface area contributed by atoms with Crippen LogP contribution in [0.15, 0.2) is 18.3 Å². The molecule has 0 atom stereocenters. The maximum atomic E-state index is 5.98. The highest BCUT2D eigenvalue weighted by Gasteiger charge is 2.10. The molecule has 1 aromatic heterocycles. The van der Waals surface area contributed by atoms with Gasteiger partial charge in [-0.2, -0.15) is 4.98 Å². The minimum atomic E-state index is 0.308. The minimum absolute atomic E-state index is 0.308. The number of ether oxygens (including phenoxy) is 1. The molecule has 0 fully saturated rings. The van der Waals surface area contributed by atoms with Crippen molar-refractivity contribution in [3.8, 4) is 6.01 Å². The lowest BCUT2D eigenvalue weighted by Crippen LogP contribution is -2.21. The number of hydrogen-bond acceptors (Lipinski definition) is 4. The third-order valence-electron chi connectivity index (χ3n) is 1.75. The van der Waals surface area contributed by atoms with Crippen molar-refractivity contribution in [2.45, 2.75) is 6.92 Å². The van der Waals surface area contributed by atoms with E-state index in [0.29, 0.717) is 23.4 Å². The van der Waals surface area contributed by atoms with Crippen LogP contribution in [0.4, 0.5) is 5.82 Å². The van der Waals surface area contributed by atoms with E-state index in [1.54, 1.807) is 0 Å². The van der Waals surface area contributed by atoms with Crippen molar-refractivity contribution in [2.75, 3.05) is 25.6 Å². The number of rotatable bonds is 4. The van der Waals surface area contributed by atoms with Crippen LogP contribution >= 0.6 is 11.6 Å². The van der Waals surface area contributed by atoms with Crippen LogP contribution in [-0.4, -0.2) is 30.7 Å². The van der Waals surface area contributed by atoms with Crippen molar-refractivity contribution >= 4 is 17.4 Å². The molecule has 0 aliphatic heterocycles. The van der Waals surface area contributed by atoms with Gasteiger partial charge in [0, 0.05) is 13.6 Å². The molecule has 1 heterocycles. The molecule has 0 saturated heterocycles. The molecule has 0 aliphatic rings. The predicted molar refractivity (Wildman–Crippen MR) is 61.7 cm³/mol. The van der Waals surface area contributed by atoms with E-state index in [4.69, 9.17) is 16.3 Å². The Balaban J connectivity index is 2.95. The fourth-order valence-corrected chi connectivity index (χ4v) is 1.42. The first kappa shape index (κ1) is 11.8. The van der Waals surface area contributed by atoms with Crippen LogP contribution in [0.1, 0.15) is 6.92 Å². The smallest absolute Gasteiger partial charge is 0.318 e. The molecule has 0 aromatic carbocycles. The zero-order valence-electron chi connectivity index (χ0n) is 9.12. The first-order chi connectivity index (χ1) is 7.04. The van der Waals surface area contributed by atoms with E-state index in [1.807, 2.05) is 18.9 Å². The molecule has 0 N–H and O–H groups in total. The van der Waals surface area contributed by atoms with Crippen LogP contribution in [-0.2, 0) is 0 Å². The summed E-state index contributed by atoms with van der Waals surface area (Å²) in [5, 5.41) is 0.500. The molecule has 0 bridgehead atoms. The van der Waals surface area contributed by atoms with Crippen molar-refractivity contribution < 1.29 is 4.74 Å². The normalized spacial score (nSPS) is 9.87. The van der Waals surface area contributed by atoms with Crippen molar-refractivity contribution in [1.82, 2.24) is 9.97 Å². The Bertz CT molecular complexity index is 368. The lowest BCUT2D eigenvalue weighted by molar-refractivity contribution is 0.380. The van der Waals surface area contributed by atoms with E-state index in [1.165, 1.54) is 13.3 Å². The average Bonchev–Trinajstić information content (AvgIpc) is 2.17. The number of likely N-dealkylation sites (N-methyl/N-ethyl adjacent to an activating group) is 1. The van der Waals surface area contributed by atoms with E-state index in [-0.39, 0.29) is 0 Å². The highest BCUT2D eigenvalue weighted by atomic mass is 35.5. The molecule has 0 saturated carbocycles. The second-order valence-corrected chi connectivity index (χ2v) is 3.75. The Labute approximate surface area is 94.5 Å². The zero-order valence-corrected chi connectivity index (χ0v) is 9.88. The van der Waals surface area contributed by atoms with E-state index in [2.05, 4.69) is 16.5 Å². The topological polar surface area (TPSA) is 38.2 Å². The van der Waals surface area contributed by atoms with Crippen molar-refractivity contribution in [2.24, 2.45) is 0 Å². The molecule has 0 unspecified atom stereocenters. The van der Waals surface area contributed by atoms with E-state index in [0.717, 1.165) is 5.57 Å². The first-order valence-corrected chi connectivity index (χ1v) is 4.84. The molecular weight excluding hydrogens is 214 g/mol. The van der Waals surface area contributed by atoms with Gasteiger partial charge in [0.2, 0.25) is 0 Å². The fourth-order valence-electron chi connectivity index (χ4n) is 1.19. The number of anilines is 1. The van der Waals surface area contributed by atoms with Gasteiger partial charge in [-0.05, 0) is 6.92 Å². The lowest BCUT2D eigenvalue weighted by Gasteiger charge is -2.19. The van der Waals surface area contributed by atoms with Gasteiger partial charge >= 0.3 is 6.01 Å². The summed E-state index contributed by atoms with van der Waals surface area (Å²) < 4.78 is 4.94. The Morgan fingerprint density at radius 3 is 2.87 bits per heavy atom. The summed E-state index contributed by atoms with van der Waals surface area (Å²) in [6, 6.07) is 0.308. The summed E-state index contributed by atoms with van der Waals surface area (Å²) in [5.41, 5.74) is 1.03. The van der Waals surface area contributed by atoms with Gasteiger partial charge in [0.25, 0.3) is 0 Å². The minimum Gasteiger partial charge on any atom is -0.467 e. The molecule has 82 valence electrons. The molecule has 0 aliphatic carbocycles. The highest BCUT2D eigenvalue weighted by Crippen LogP contribution is 2.23. The second kappa shape index (κ2) is 4.98. The molecule has 0 amide bonds. The molecule has 4 nitrogen and oxygen atoms in total. The molecule has 0 spiro atoms. The molecule has 5 heteroatoms. The largest absolute Gasteiger partial charge is 0.467 e. The predicted octanol–water partition coefficient (Wildman–Crippen LogP) is 2.15. The Hall–Kier alpha value is -1.29. The summed E-state index contributed by atoms with van der Waals surface area (Å²) in [5.74, 6) is 0.645. The van der Waals surface area contributed by atoms with Crippen LogP contribution in [0, 0.1) is 0 Å². The van der Waals surface area contributed by atoms with Crippen LogP contribution < -0.4 is 9.64 Å². The molecule has 1 aromatic rings. The van der Waals surface area contributed by atoms with Gasteiger partial charge in [0.1, 0.15) is 5.02 Å². The maximum absolute atomic E-state index is 5.98. The van der Waals surface area contributed by atoms with Crippen LogP contribution in [0.25, 0.3) is 0 Å². The first-order valence-electron chi connectivity index (χ1n) is 4.46. The van der Waals surface area contributed by atoms with Gasteiger partial charge in [-0.3, -0.25) is 0 Å². The third-order valence-corrected chi connectivity index (χ3v) is 2.02. The lowest BCUT2D eigenvalue weighted by atomic mass is 10.3. The molecule has 1 rings (SSSR count). The molecular formula is C10H14ClN3O. The summed E-state index contributed by atoms with van der Waals surface area (Å²) in [4.78, 5) is 9.97. The van der Waals surface area contributed by atoms with Crippen molar-refractivity contribution in [1.29, 1.82) is 0 Å². The van der Waals surface area contributed by atoms with Gasteiger partial charge in [0.15, 0.2) is 5.82 Å². The van der Waals surface area contributed by atoms with Crippen molar-refractivity contribution in [3.63, 3.8) is 0 Å². The average molecular weight is 228 g/mol. The highest BCUT2D eigenvalue weighted by molar-refractivity contribution is 6.32. The second-order valence-electron chi connectivity index (χ2n) is 3.34. The number of methoxy groups -OCH3 is 1. The molecule has 15 heavy (non-hydrogen) atoms. The zero-order chi connectivity index (χ0) is 11.4. The summed E-state index contributed by atoms with van der Waals surface area (Å²) in [6.45, 7) is 6.48. The van der Waals surface area contributed by atoms with Crippen LogP contribution in [0.3, 0.4) is 0 Å². The van der Waals surface area contributed by atoms with E-state index < -0.39 is 0 Å². The van der Waals surface area contributed by atoms with Gasteiger partial charge in [-0.25, -0.2) is 4.98 Å². The number of nitrogens with zero attached hydrogens (tertiary/aromatic N) is 3. The third kappa shape index (κ3) is 3.09. The van der Waals surface area contributed by atoms with Gasteiger partial charge < -0.3 is 9.64 Å². The van der Waals surface area contributed by atoms with Crippen LogP contribution in [0.2, 0.25) is 5.02 Å². The van der Waals surface area contributed by atoms with Crippen molar-refractivity contribution in [3.05, 3.63) is 23.4 Å². The van der Waals surface area contributed by atoms with Crippen LogP contribution in [0.5, 0.6) is 6.01 Å². The molecule has 0 radical (unpaired) electrons. The fraction of sp³-hybridized carbons (Fsp3) is 0.400. The van der Waals surface area contributed by atoms with Gasteiger partial charge in [-0.15, -0.1) is 0 Å².